The van der Waals surface area contributed by atoms with Gasteiger partial charge in [-0.05, 0) is 143 Å². The van der Waals surface area contributed by atoms with Crippen LogP contribution in [0.4, 0.5) is 0 Å². The molecule has 0 unspecified atom stereocenters. The molecular formula is C48H58S. The van der Waals surface area contributed by atoms with Crippen molar-refractivity contribution in [2.24, 2.45) is 0 Å². The van der Waals surface area contributed by atoms with Crippen molar-refractivity contribution in [2.45, 2.75) is 103 Å². The third-order valence-electron chi connectivity index (χ3n) is 10.7. The van der Waals surface area contributed by atoms with Crippen molar-refractivity contribution in [3.05, 3.63) is 124 Å². The fourth-order valence-corrected chi connectivity index (χ4v) is 9.50. The molecule has 0 saturated carbocycles. The van der Waals surface area contributed by atoms with Crippen molar-refractivity contribution >= 4 is 10.0 Å². The zero-order valence-corrected chi connectivity index (χ0v) is 33.5. The van der Waals surface area contributed by atoms with E-state index in [1.165, 1.54) is 82.8 Å². The van der Waals surface area contributed by atoms with E-state index in [1.54, 1.807) is 0 Å². The fourth-order valence-electron chi connectivity index (χ4n) is 7.98. The Morgan fingerprint density at radius 1 is 0.551 bits per heavy atom. The lowest BCUT2D eigenvalue weighted by Crippen LogP contribution is -2.23. The molecule has 0 heterocycles. The van der Waals surface area contributed by atoms with Gasteiger partial charge in [-0.3, -0.25) is 0 Å². The number of rotatable bonds is 5. The van der Waals surface area contributed by atoms with E-state index in [9.17, 15) is 0 Å². The van der Waals surface area contributed by atoms with Gasteiger partial charge in [0.25, 0.3) is 0 Å². The Labute approximate surface area is 299 Å². The molecule has 0 atom stereocenters. The average molecular weight is 667 g/mol. The minimum Gasteiger partial charge on any atom is -0.223 e. The SMILES string of the molecule is Cc1cc(-c2ccc(C(C)C)cc2)cc(-c2ccc(C(C)(C)C)c3c2-c2ccc(-c4ccc(C(C)(C)C)c(S(C)(C)C)c4)cc2C3(C)C)c1. The molecule has 0 aromatic heterocycles. The molecular weight excluding hydrogens is 609 g/mol. The molecule has 0 radical (unpaired) electrons. The van der Waals surface area contributed by atoms with Gasteiger partial charge in [-0.1, -0.05) is 142 Å². The van der Waals surface area contributed by atoms with Crippen LogP contribution in [0.2, 0.25) is 0 Å². The van der Waals surface area contributed by atoms with Gasteiger partial charge in [-0.25, -0.2) is 10.0 Å². The molecule has 0 saturated heterocycles. The molecule has 1 heteroatoms. The number of fused-ring (bicyclic) bond motifs is 3. The maximum absolute atomic E-state index is 2.51. The first-order chi connectivity index (χ1) is 22.7. The van der Waals surface area contributed by atoms with Crippen LogP contribution >= 0.6 is 10.0 Å². The predicted molar refractivity (Wildman–Crippen MR) is 220 cm³/mol. The average Bonchev–Trinajstić information content (AvgIpc) is 3.25. The predicted octanol–water partition coefficient (Wildman–Crippen LogP) is 14.1. The molecule has 0 N–H and O–H groups in total. The van der Waals surface area contributed by atoms with Crippen molar-refractivity contribution in [3.63, 3.8) is 0 Å². The van der Waals surface area contributed by atoms with Crippen molar-refractivity contribution in [1.29, 1.82) is 0 Å². The van der Waals surface area contributed by atoms with E-state index in [-0.39, 0.29) is 16.2 Å². The summed E-state index contributed by atoms with van der Waals surface area (Å²) in [5.41, 5.74) is 19.1. The Balaban J connectivity index is 1.55. The van der Waals surface area contributed by atoms with Gasteiger partial charge in [0.2, 0.25) is 0 Å². The van der Waals surface area contributed by atoms with E-state index in [4.69, 9.17) is 0 Å². The molecule has 0 fully saturated rings. The normalized spacial score (nSPS) is 14.6. The van der Waals surface area contributed by atoms with Crippen LogP contribution in [0.15, 0.2) is 95.9 Å². The summed E-state index contributed by atoms with van der Waals surface area (Å²) < 4.78 is 0. The summed E-state index contributed by atoms with van der Waals surface area (Å²) in [5, 5.41) is 0. The van der Waals surface area contributed by atoms with Gasteiger partial charge in [0.1, 0.15) is 0 Å². The van der Waals surface area contributed by atoms with Crippen molar-refractivity contribution in [2.75, 3.05) is 18.8 Å². The van der Waals surface area contributed by atoms with Gasteiger partial charge in [0, 0.05) is 5.41 Å². The largest absolute Gasteiger partial charge is 0.223 e. The standard InChI is InChI=1S/C48H58S/c1-30(2)32-15-17-33(18-16-32)36-25-31(3)26-37(27-36)38-22-24-41(47(7,8)9)45-44(38)39-21-19-34(28-42(39)48(45,10)11)35-20-23-40(46(4,5)6)43(29-35)49(12,13)14/h15-30H,1-14H3. The number of aryl methyl sites for hydroxylation is 1. The van der Waals surface area contributed by atoms with E-state index < -0.39 is 10.0 Å². The van der Waals surface area contributed by atoms with E-state index in [2.05, 4.69) is 186 Å². The van der Waals surface area contributed by atoms with Crippen LogP contribution in [0.3, 0.4) is 0 Å². The molecule has 1 aliphatic carbocycles. The van der Waals surface area contributed by atoms with Crippen molar-refractivity contribution < 1.29 is 0 Å². The first-order valence-corrected chi connectivity index (χ1v) is 20.9. The molecule has 0 nitrogen and oxygen atoms in total. The highest BCUT2D eigenvalue weighted by Crippen LogP contribution is 2.57. The van der Waals surface area contributed by atoms with Gasteiger partial charge >= 0.3 is 0 Å². The molecule has 5 aromatic rings. The lowest BCUT2D eigenvalue weighted by atomic mass is 9.72. The second-order valence-electron chi connectivity index (χ2n) is 18.2. The van der Waals surface area contributed by atoms with Crippen molar-refractivity contribution in [3.8, 4) is 44.5 Å². The zero-order valence-electron chi connectivity index (χ0n) is 32.6. The Morgan fingerprint density at radius 3 is 1.67 bits per heavy atom. The minimum absolute atomic E-state index is 0.0217. The zero-order chi connectivity index (χ0) is 35.8. The van der Waals surface area contributed by atoms with Gasteiger partial charge < -0.3 is 0 Å². The third kappa shape index (κ3) is 6.45. The lowest BCUT2D eigenvalue weighted by Gasteiger charge is -2.34. The topological polar surface area (TPSA) is 0 Å². The molecule has 0 amide bonds. The van der Waals surface area contributed by atoms with Crippen LogP contribution in [0, 0.1) is 6.92 Å². The van der Waals surface area contributed by atoms with E-state index in [0.29, 0.717) is 5.92 Å². The molecule has 49 heavy (non-hydrogen) atoms. The van der Waals surface area contributed by atoms with Crippen LogP contribution in [0.5, 0.6) is 0 Å². The summed E-state index contributed by atoms with van der Waals surface area (Å²) >= 11 is 0. The van der Waals surface area contributed by atoms with Crippen molar-refractivity contribution in [1.82, 2.24) is 0 Å². The van der Waals surface area contributed by atoms with Gasteiger partial charge in [0.05, 0.1) is 0 Å². The van der Waals surface area contributed by atoms with Gasteiger partial charge in [-0.2, -0.15) is 0 Å². The van der Waals surface area contributed by atoms with Crippen LogP contribution in [0.25, 0.3) is 44.5 Å². The summed E-state index contributed by atoms with van der Waals surface area (Å²) in [5.74, 6) is 0.527. The highest BCUT2D eigenvalue weighted by atomic mass is 32.3. The molecule has 6 rings (SSSR count). The summed E-state index contributed by atoms with van der Waals surface area (Å²) in [6.07, 6.45) is 7.28. The minimum atomic E-state index is -0.917. The fraction of sp³-hybridized carbons (Fsp3) is 0.375. The van der Waals surface area contributed by atoms with Crippen LogP contribution in [0.1, 0.15) is 109 Å². The van der Waals surface area contributed by atoms with E-state index in [0.717, 1.165) is 0 Å². The molecule has 0 spiro atoms. The van der Waals surface area contributed by atoms with Crippen LogP contribution in [-0.4, -0.2) is 18.8 Å². The second kappa shape index (κ2) is 12.1. The first kappa shape index (κ1) is 35.3. The number of hydrogen-bond donors (Lipinski definition) is 0. The molecule has 1 aliphatic rings. The second-order valence-corrected chi connectivity index (χ2v) is 22.3. The summed E-state index contributed by atoms with van der Waals surface area (Å²) in [6.45, 7) is 25.8. The first-order valence-electron chi connectivity index (χ1n) is 18.1. The lowest BCUT2D eigenvalue weighted by molar-refractivity contribution is 0.557. The summed E-state index contributed by atoms with van der Waals surface area (Å²) in [4.78, 5) is 1.52. The molecule has 0 bridgehead atoms. The van der Waals surface area contributed by atoms with Crippen LogP contribution < -0.4 is 0 Å². The highest BCUT2D eigenvalue weighted by Gasteiger charge is 2.41. The van der Waals surface area contributed by atoms with Gasteiger partial charge in [-0.15, -0.1) is 0 Å². The maximum atomic E-state index is 2.51. The smallest absolute Gasteiger partial charge is 0.0162 e. The van der Waals surface area contributed by atoms with E-state index in [1.807, 2.05) is 0 Å². The Kier molecular flexibility index (Phi) is 8.68. The Morgan fingerprint density at radius 2 is 1.08 bits per heavy atom. The number of hydrogen-bond acceptors (Lipinski definition) is 0. The highest BCUT2D eigenvalue weighted by molar-refractivity contribution is 8.32. The molecule has 0 aliphatic heterocycles. The number of benzene rings is 5. The van der Waals surface area contributed by atoms with E-state index >= 15 is 0 Å². The van der Waals surface area contributed by atoms with Gasteiger partial charge in [0.15, 0.2) is 0 Å². The summed E-state index contributed by atoms with van der Waals surface area (Å²) in [6, 6.07) is 35.7. The molecule has 5 aromatic carbocycles. The maximum Gasteiger partial charge on any atom is 0.0162 e. The Bertz CT molecular complexity index is 2050. The molecule has 256 valence electrons. The Hall–Kier alpha value is -3.55. The van der Waals surface area contributed by atoms with Crippen LogP contribution in [-0.2, 0) is 16.2 Å². The third-order valence-corrected chi connectivity index (χ3v) is 12.3. The quantitative estimate of drug-likeness (QED) is 0.175. The monoisotopic (exact) mass is 666 g/mol. The summed E-state index contributed by atoms with van der Waals surface area (Å²) in [7, 11) is -0.917.